The fraction of sp³-hybridized carbons (Fsp3) is 0.381. The number of aromatic nitrogens is 2. The van der Waals surface area contributed by atoms with E-state index < -0.39 is 5.25 Å². The van der Waals surface area contributed by atoms with Gasteiger partial charge in [0.2, 0.25) is 5.91 Å². The fourth-order valence-electron chi connectivity index (χ4n) is 3.59. The summed E-state index contributed by atoms with van der Waals surface area (Å²) in [6.45, 7) is 3.65. The van der Waals surface area contributed by atoms with Crippen LogP contribution in [0.2, 0.25) is 0 Å². The molecule has 0 aliphatic heterocycles. The largest absolute Gasteiger partial charge is 0.349 e. The predicted molar refractivity (Wildman–Crippen MR) is 115 cm³/mol. The quantitative estimate of drug-likeness (QED) is 0.490. The minimum Gasteiger partial charge on any atom is -0.349 e. The first-order valence-corrected chi connectivity index (χ1v) is 11.3. The zero-order valence-corrected chi connectivity index (χ0v) is 18.1. The first-order valence-electron chi connectivity index (χ1n) is 9.59. The molecule has 2 aromatic heterocycles. The third-order valence-corrected chi connectivity index (χ3v) is 7.61. The lowest BCUT2D eigenvalue weighted by molar-refractivity contribution is -0.120. The molecule has 1 N–H and O–H groups in total. The van der Waals surface area contributed by atoms with Gasteiger partial charge in [0.15, 0.2) is 5.16 Å². The van der Waals surface area contributed by atoms with Crippen molar-refractivity contribution in [2.45, 2.75) is 49.6 Å². The summed E-state index contributed by atoms with van der Waals surface area (Å²) < 4.78 is 14.6. The smallest absolute Gasteiger partial charge is 0.262 e. The second-order valence-electron chi connectivity index (χ2n) is 7.34. The third-order valence-electron chi connectivity index (χ3n) is 5.29. The van der Waals surface area contributed by atoms with Crippen molar-refractivity contribution in [3.05, 3.63) is 56.4 Å². The van der Waals surface area contributed by atoms with Crippen LogP contribution in [0.1, 0.15) is 42.3 Å². The zero-order chi connectivity index (χ0) is 20.7. The minimum atomic E-state index is -0.430. The lowest BCUT2D eigenvalue weighted by atomic mass is 10.1. The van der Waals surface area contributed by atoms with E-state index in [1.165, 1.54) is 28.8 Å². The van der Waals surface area contributed by atoms with Crippen molar-refractivity contribution in [2.24, 2.45) is 7.05 Å². The standard InChI is InChI=1S/C21H22FN3O2S2/c1-11(13-7-9-14(22)10-8-13)23-18(26)12(2)28-21-24-19-17(20(27)25(21)3)15-5-4-6-16(15)29-19/h7-12H,4-6H2,1-3H3,(H,23,26). The number of fused-ring (bicyclic) bond motifs is 3. The van der Waals surface area contributed by atoms with E-state index in [9.17, 15) is 14.0 Å². The summed E-state index contributed by atoms with van der Waals surface area (Å²) in [5, 5.41) is 3.80. The molecule has 152 valence electrons. The van der Waals surface area contributed by atoms with Crippen molar-refractivity contribution in [1.82, 2.24) is 14.9 Å². The van der Waals surface area contributed by atoms with Crippen LogP contribution in [0.5, 0.6) is 0 Å². The van der Waals surface area contributed by atoms with Gasteiger partial charge in [0, 0.05) is 11.9 Å². The molecule has 0 saturated heterocycles. The van der Waals surface area contributed by atoms with Crippen LogP contribution < -0.4 is 10.9 Å². The second-order valence-corrected chi connectivity index (χ2v) is 9.73. The molecule has 0 saturated carbocycles. The van der Waals surface area contributed by atoms with Crippen LogP contribution in [0.3, 0.4) is 0 Å². The van der Waals surface area contributed by atoms with Crippen molar-refractivity contribution in [1.29, 1.82) is 0 Å². The molecule has 1 aliphatic rings. The summed E-state index contributed by atoms with van der Waals surface area (Å²) in [4.78, 5) is 32.3. The Morgan fingerprint density at radius 3 is 2.72 bits per heavy atom. The number of carbonyl (C=O) groups excluding carboxylic acids is 1. The SMILES string of the molecule is CC(Sc1nc2sc3c(c2c(=O)n1C)CCC3)C(=O)NC(C)c1ccc(F)cc1. The highest BCUT2D eigenvalue weighted by Crippen LogP contribution is 2.35. The molecule has 0 fully saturated rings. The van der Waals surface area contributed by atoms with Crippen molar-refractivity contribution < 1.29 is 9.18 Å². The van der Waals surface area contributed by atoms with Crippen LogP contribution in [-0.4, -0.2) is 20.7 Å². The van der Waals surface area contributed by atoms with Gasteiger partial charge in [-0.2, -0.15) is 0 Å². The number of benzene rings is 1. The molecule has 5 nitrogen and oxygen atoms in total. The fourth-order valence-corrected chi connectivity index (χ4v) is 5.77. The number of aryl methyl sites for hydroxylation is 2. The third kappa shape index (κ3) is 3.83. The highest BCUT2D eigenvalue weighted by atomic mass is 32.2. The zero-order valence-electron chi connectivity index (χ0n) is 16.5. The Balaban J connectivity index is 1.52. The average molecular weight is 432 g/mol. The highest BCUT2D eigenvalue weighted by Gasteiger charge is 2.24. The molecule has 1 amide bonds. The molecule has 29 heavy (non-hydrogen) atoms. The maximum Gasteiger partial charge on any atom is 0.262 e. The summed E-state index contributed by atoms with van der Waals surface area (Å²) in [7, 11) is 1.71. The van der Waals surface area contributed by atoms with Gasteiger partial charge in [-0.3, -0.25) is 14.2 Å². The van der Waals surface area contributed by atoms with Gasteiger partial charge in [0.25, 0.3) is 5.56 Å². The lowest BCUT2D eigenvalue weighted by Gasteiger charge is -2.18. The number of halogens is 1. The normalized spacial score (nSPS) is 15.3. The number of carbonyl (C=O) groups is 1. The molecule has 3 aromatic rings. The van der Waals surface area contributed by atoms with E-state index in [4.69, 9.17) is 4.98 Å². The van der Waals surface area contributed by atoms with Gasteiger partial charge in [-0.25, -0.2) is 9.37 Å². The molecule has 2 atom stereocenters. The number of thiophene rings is 1. The van der Waals surface area contributed by atoms with Gasteiger partial charge >= 0.3 is 0 Å². The maximum atomic E-state index is 13.1. The molecule has 1 aromatic carbocycles. The molecule has 1 aliphatic carbocycles. The topological polar surface area (TPSA) is 64.0 Å². The molecule has 0 spiro atoms. The number of rotatable bonds is 5. The molecular formula is C21H22FN3O2S2. The average Bonchev–Trinajstić information content (AvgIpc) is 3.27. The van der Waals surface area contributed by atoms with E-state index in [-0.39, 0.29) is 23.3 Å². The monoisotopic (exact) mass is 431 g/mol. The number of nitrogens with one attached hydrogen (secondary N) is 1. The van der Waals surface area contributed by atoms with E-state index in [1.54, 1.807) is 42.0 Å². The van der Waals surface area contributed by atoms with Crippen LogP contribution >= 0.6 is 23.1 Å². The Bertz CT molecular complexity index is 1140. The number of hydrogen-bond acceptors (Lipinski definition) is 5. The lowest BCUT2D eigenvalue weighted by Crippen LogP contribution is -2.33. The van der Waals surface area contributed by atoms with Crippen LogP contribution in [-0.2, 0) is 24.7 Å². The van der Waals surface area contributed by atoms with Crippen molar-refractivity contribution in [3.63, 3.8) is 0 Å². The van der Waals surface area contributed by atoms with E-state index in [0.29, 0.717) is 5.16 Å². The molecule has 8 heteroatoms. The molecule has 2 heterocycles. The number of nitrogens with zero attached hydrogens (tertiary/aromatic N) is 2. The molecule has 0 radical (unpaired) electrons. The molecule has 2 unspecified atom stereocenters. The Hall–Kier alpha value is -2.19. The van der Waals surface area contributed by atoms with Crippen LogP contribution in [0.25, 0.3) is 10.2 Å². The summed E-state index contributed by atoms with van der Waals surface area (Å²) >= 11 is 2.87. The van der Waals surface area contributed by atoms with Gasteiger partial charge in [-0.15, -0.1) is 11.3 Å². The predicted octanol–water partition coefficient (Wildman–Crippen LogP) is 3.98. The van der Waals surface area contributed by atoms with Gasteiger partial charge in [-0.1, -0.05) is 23.9 Å². The maximum absolute atomic E-state index is 13.1. The molecule has 0 bridgehead atoms. The van der Waals surface area contributed by atoms with Crippen molar-refractivity contribution in [2.75, 3.05) is 0 Å². The number of thioether (sulfide) groups is 1. The van der Waals surface area contributed by atoms with E-state index in [2.05, 4.69) is 5.32 Å². The van der Waals surface area contributed by atoms with E-state index >= 15 is 0 Å². The van der Waals surface area contributed by atoms with Crippen molar-refractivity contribution >= 4 is 39.2 Å². The van der Waals surface area contributed by atoms with Gasteiger partial charge in [-0.05, 0) is 56.4 Å². The van der Waals surface area contributed by atoms with Crippen LogP contribution in [0.15, 0.2) is 34.2 Å². The number of hydrogen-bond donors (Lipinski definition) is 1. The first kappa shape index (κ1) is 20.1. The van der Waals surface area contributed by atoms with Gasteiger partial charge in [0.05, 0.1) is 16.7 Å². The van der Waals surface area contributed by atoms with Gasteiger partial charge in [0.1, 0.15) is 10.6 Å². The van der Waals surface area contributed by atoms with Crippen molar-refractivity contribution in [3.8, 4) is 0 Å². The van der Waals surface area contributed by atoms with Gasteiger partial charge < -0.3 is 5.32 Å². The van der Waals surface area contributed by atoms with E-state index in [0.717, 1.165) is 40.6 Å². The number of amides is 1. The summed E-state index contributed by atoms with van der Waals surface area (Å²) in [6, 6.07) is 5.83. The first-order chi connectivity index (χ1) is 13.8. The second kappa shape index (κ2) is 7.91. The Kier molecular flexibility index (Phi) is 5.48. The van der Waals surface area contributed by atoms with Crippen LogP contribution in [0.4, 0.5) is 4.39 Å². The summed E-state index contributed by atoms with van der Waals surface area (Å²) in [5.41, 5.74) is 1.95. The molecular weight excluding hydrogens is 409 g/mol. The molecule has 4 rings (SSSR count). The Morgan fingerprint density at radius 1 is 1.28 bits per heavy atom. The Morgan fingerprint density at radius 2 is 2.00 bits per heavy atom. The highest BCUT2D eigenvalue weighted by molar-refractivity contribution is 8.00. The Labute approximate surface area is 176 Å². The van der Waals surface area contributed by atoms with E-state index in [1.807, 2.05) is 6.92 Å². The minimum absolute atomic E-state index is 0.0378. The van der Waals surface area contributed by atoms with Crippen LogP contribution in [0, 0.1) is 5.82 Å². The summed E-state index contributed by atoms with van der Waals surface area (Å²) in [5.74, 6) is -0.465. The summed E-state index contributed by atoms with van der Waals surface area (Å²) in [6.07, 6.45) is 3.06.